The van der Waals surface area contributed by atoms with E-state index in [1.807, 2.05) is 13.8 Å². The summed E-state index contributed by atoms with van der Waals surface area (Å²) in [4.78, 5) is 0. The van der Waals surface area contributed by atoms with Crippen molar-refractivity contribution >= 4 is 11.6 Å². The number of aromatic nitrogens is 2. The van der Waals surface area contributed by atoms with Crippen LogP contribution in [-0.2, 0) is 4.74 Å². The third kappa shape index (κ3) is 2.10. The van der Waals surface area contributed by atoms with Crippen molar-refractivity contribution in [2.45, 2.75) is 32.4 Å². The molecule has 0 amide bonds. The number of aliphatic hydroxyl groups is 1. The minimum Gasteiger partial charge on any atom is -0.386 e. The first kappa shape index (κ1) is 11.9. The predicted octanol–water partition coefficient (Wildman–Crippen LogP) is 2.19. The van der Waals surface area contributed by atoms with Crippen LogP contribution in [0.3, 0.4) is 0 Å². The minimum atomic E-state index is -0.583. The Morgan fingerprint density at radius 3 is 2.94 bits per heavy atom. The van der Waals surface area contributed by atoms with Crippen LogP contribution < -0.4 is 0 Å². The summed E-state index contributed by atoms with van der Waals surface area (Å²) in [5.74, 6) is 0.131. The molecular formula is C11H17ClN2O2. The van der Waals surface area contributed by atoms with Crippen LogP contribution in [0.25, 0.3) is 0 Å². The number of hydrogen-bond donors (Lipinski definition) is 1. The van der Waals surface area contributed by atoms with E-state index < -0.39 is 6.10 Å². The van der Waals surface area contributed by atoms with Gasteiger partial charge < -0.3 is 9.84 Å². The Morgan fingerprint density at radius 1 is 1.62 bits per heavy atom. The van der Waals surface area contributed by atoms with E-state index in [2.05, 4.69) is 5.10 Å². The van der Waals surface area contributed by atoms with Crippen molar-refractivity contribution < 1.29 is 9.84 Å². The van der Waals surface area contributed by atoms with Crippen molar-refractivity contribution in [3.63, 3.8) is 0 Å². The van der Waals surface area contributed by atoms with E-state index in [9.17, 15) is 5.11 Å². The Hall–Kier alpha value is -0.580. The molecule has 2 unspecified atom stereocenters. The summed E-state index contributed by atoms with van der Waals surface area (Å²) in [5.41, 5.74) is 0.715. The van der Waals surface area contributed by atoms with Crippen LogP contribution >= 0.6 is 11.6 Å². The molecule has 1 aliphatic rings. The molecule has 1 aromatic rings. The van der Waals surface area contributed by atoms with Crippen molar-refractivity contribution in [1.29, 1.82) is 0 Å². The number of ether oxygens (including phenoxy) is 1. The van der Waals surface area contributed by atoms with Crippen molar-refractivity contribution in [2.75, 3.05) is 13.2 Å². The fourth-order valence-electron chi connectivity index (χ4n) is 2.06. The summed E-state index contributed by atoms with van der Waals surface area (Å²) in [7, 11) is 0. The summed E-state index contributed by atoms with van der Waals surface area (Å²) in [5, 5.41) is 15.0. The quantitative estimate of drug-likeness (QED) is 0.887. The predicted molar refractivity (Wildman–Crippen MR) is 61.5 cm³/mol. The third-order valence-electron chi connectivity index (χ3n) is 2.97. The molecule has 1 aliphatic heterocycles. The Morgan fingerprint density at radius 2 is 2.38 bits per heavy atom. The lowest BCUT2D eigenvalue weighted by atomic mass is 9.99. The number of halogens is 1. The van der Waals surface area contributed by atoms with Gasteiger partial charge in [-0.05, 0) is 20.3 Å². The number of aliphatic hydroxyl groups excluding tert-OH is 1. The Kier molecular flexibility index (Phi) is 3.52. The summed E-state index contributed by atoms with van der Waals surface area (Å²) < 4.78 is 7.07. The Bertz CT molecular complexity index is 359. The first-order valence-corrected chi connectivity index (χ1v) is 5.97. The van der Waals surface area contributed by atoms with E-state index in [1.54, 1.807) is 10.9 Å². The lowest BCUT2D eigenvalue weighted by molar-refractivity contribution is 0.0835. The van der Waals surface area contributed by atoms with Crippen LogP contribution in [0.15, 0.2) is 6.20 Å². The highest BCUT2D eigenvalue weighted by molar-refractivity contribution is 6.31. The molecule has 1 aromatic heterocycles. The minimum absolute atomic E-state index is 0.131. The average molecular weight is 245 g/mol. The molecule has 2 atom stereocenters. The molecule has 5 heteroatoms. The average Bonchev–Trinajstić information content (AvgIpc) is 2.84. The Labute approximate surface area is 100 Å². The van der Waals surface area contributed by atoms with Gasteiger partial charge in [0.1, 0.15) is 6.10 Å². The summed E-state index contributed by atoms with van der Waals surface area (Å²) >= 11 is 6.08. The molecule has 1 fully saturated rings. The van der Waals surface area contributed by atoms with E-state index in [0.29, 0.717) is 17.3 Å². The third-order valence-corrected chi connectivity index (χ3v) is 3.26. The van der Waals surface area contributed by atoms with Crippen LogP contribution in [0.1, 0.15) is 38.1 Å². The Balaban J connectivity index is 2.27. The van der Waals surface area contributed by atoms with Gasteiger partial charge in [0.25, 0.3) is 0 Å². The molecule has 2 heterocycles. The normalized spacial score (nSPS) is 22.9. The zero-order chi connectivity index (χ0) is 11.7. The maximum absolute atomic E-state index is 10.3. The van der Waals surface area contributed by atoms with Gasteiger partial charge in [0.05, 0.1) is 23.5 Å². The molecule has 0 aliphatic carbocycles. The molecule has 0 aromatic carbocycles. The number of hydrogen-bond acceptors (Lipinski definition) is 3. The molecule has 0 saturated carbocycles. The largest absolute Gasteiger partial charge is 0.386 e. The lowest BCUT2D eigenvalue weighted by Gasteiger charge is -2.20. The molecule has 16 heavy (non-hydrogen) atoms. The molecular weight excluding hydrogens is 228 g/mol. The molecule has 0 bridgehead atoms. The van der Waals surface area contributed by atoms with Crippen LogP contribution in [0.2, 0.25) is 5.02 Å². The van der Waals surface area contributed by atoms with Gasteiger partial charge in [-0.3, -0.25) is 4.68 Å². The zero-order valence-corrected chi connectivity index (χ0v) is 10.3. The fraction of sp³-hybridized carbons (Fsp3) is 0.727. The van der Waals surface area contributed by atoms with Gasteiger partial charge in [-0.2, -0.15) is 5.10 Å². The van der Waals surface area contributed by atoms with Crippen molar-refractivity contribution in [1.82, 2.24) is 9.78 Å². The highest BCUT2D eigenvalue weighted by Crippen LogP contribution is 2.33. The SMILES string of the molecule is CC(C)n1ncc(Cl)c1C(O)C1CCOC1. The van der Waals surface area contributed by atoms with Gasteiger partial charge >= 0.3 is 0 Å². The maximum atomic E-state index is 10.3. The van der Waals surface area contributed by atoms with Crippen molar-refractivity contribution in [3.05, 3.63) is 16.9 Å². The van der Waals surface area contributed by atoms with Gasteiger partial charge in [0, 0.05) is 18.6 Å². The van der Waals surface area contributed by atoms with Gasteiger partial charge in [0.2, 0.25) is 0 Å². The van der Waals surface area contributed by atoms with E-state index >= 15 is 0 Å². The monoisotopic (exact) mass is 244 g/mol. The zero-order valence-electron chi connectivity index (χ0n) is 9.56. The smallest absolute Gasteiger partial charge is 0.102 e. The topological polar surface area (TPSA) is 47.3 Å². The second-order valence-electron chi connectivity index (χ2n) is 4.48. The highest BCUT2D eigenvalue weighted by Gasteiger charge is 2.30. The number of rotatable bonds is 3. The van der Waals surface area contributed by atoms with Gasteiger partial charge in [-0.15, -0.1) is 0 Å². The molecule has 2 rings (SSSR count). The summed E-state index contributed by atoms with van der Waals surface area (Å²) in [6, 6.07) is 0.194. The first-order chi connectivity index (χ1) is 7.61. The standard InChI is InChI=1S/C11H17ClN2O2/c1-7(2)14-10(9(12)5-13-14)11(15)8-3-4-16-6-8/h5,7-8,11,15H,3-4,6H2,1-2H3. The van der Waals surface area contributed by atoms with E-state index in [0.717, 1.165) is 13.0 Å². The molecule has 0 radical (unpaired) electrons. The van der Waals surface area contributed by atoms with Crippen LogP contribution in [-0.4, -0.2) is 28.1 Å². The molecule has 4 nitrogen and oxygen atoms in total. The van der Waals surface area contributed by atoms with Gasteiger partial charge in [-0.1, -0.05) is 11.6 Å². The highest BCUT2D eigenvalue weighted by atomic mass is 35.5. The maximum Gasteiger partial charge on any atom is 0.102 e. The van der Waals surface area contributed by atoms with E-state index in [1.165, 1.54) is 0 Å². The summed E-state index contributed by atoms with van der Waals surface area (Å²) in [6.45, 7) is 5.35. The summed E-state index contributed by atoms with van der Waals surface area (Å²) in [6.07, 6.45) is 1.89. The van der Waals surface area contributed by atoms with E-state index in [-0.39, 0.29) is 12.0 Å². The van der Waals surface area contributed by atoms with Crippen molar-refractivity contribution in [2.24, 2.45) is 5.92 Å². The van der Waals surface area contributed by atoms with Crippen LogP contribution in [0.5, 0.6) is 0 Å². The van der Waals surface area contributed by atoms with Gasteiger partial charge in [0.15, 0.2) is 0 Å². The van der Waals surface area contributed by atoms with E-state index in [4.69, 9.17) is 16.3 Å². The van der Waals surface area contributed by atoms with Gasteiger partial charge in [-0.25, -0.2) is 0 Å². The lowest BCUT2D eigenvalue weighted by Crippen LogP contribution is -2.18. The second kappa shape index (κ2) is 4.73. The molecule has 1 N–H and O–H groups in total. The molecule has 1 saturated heterocycles. The molecule has 90 valence electrons. The van der Waals surface area contributed by atoms with Crippen molar-refractivity contribution in [3.8, 4) is 0 Å². The van der Waals surface area contributed by atoms with Crippen LogP contribution in [0, 0.1) is 5.92 Å². The number of nitrogens with zero attached hydrogens (tertiary/aromatic N) is 2. The second-order valence-corrected chi connectivity index (χ2v) is 4.89. The van der Waals surface area contributed by atoms with Crippen LogP contribution in [0.4, 0.5) is 0 Å². The fourth-order valence-corrected chi connectivity index (χ4v) is 2.31. The molecule has 0 spiro atoms. The first-order valence-electron chi connectivity index (χ1n) is 5.60.